The number of β-lactam (4-membered cyclic amide) rings is 1. The zero-order valence-corrected chi connectivity index (χ0v) is 16.8. The van der Waals surface area contributed by atoms with E-state index in [2.05, 4.69) is 5.32 Å². The Kier molecular flexibility index (Phi) is 5.62. The Hall–Kier alpha value is -2.40. The summed E-state index contributed by atoms with van der Waals surface area (Å²) >= 11 is 1.62. The molecule has 2 amide bonds. The smallest absolute Gasteiger partial charge is 0.250 e. The molecule has 1 N–H and O–H groups in total. The zero-order chi connectivity index (χ0) is 19.4. The van der Waals surface area contributed by atoms with Gasteiger partial charge in [0.25, 0.3) is 5.91 Å². The van der Waals surface area contributed by atoms with Crippen LogP contribution in [0.5, 0.6) is 0 Å². The lowest BCUT2D eigenvalue weighted by Crippen LogP contribution is -2.69. The SMILES string of the molecule is O=C1C[C@](/C=C/c2ccccc2)(C(=O)NC2CCCCC2)N1Cc1cccs1. The molecule has 0 radical (unpaired) electrons. The molecule has 5 heteroatoms. The number of amides is 2. The molecule has 4 rings (SSSR count). The minimum absolute atomic E-state index is 0.0323. The van der Waals surface area contributed by atoms with E-state index in [1.54, 1.807) is 16.2 Å². The van der Waals surface area contributed by atoms with E-state index in [4.69, 9.17) is 0 Å². The van der Waals surface area contributed by atoms with Gasteiger partial charge < -0.3 is 10.2 Å². The monoisotopic (exact) mass is 394 g/mol. The first-order chi connectivity index (χ1) is 13.7. The van der Waals surface area contributed by atoms with Gasteiger partial charge in [-0.1, -0.05) is 61.7 Å². The normalized spacial score (nSPS) is 23.0. The Balaban J connectivity index is 1.59. The summed E-state index contributed by atoms with van der Waals surface area (Å²) in [6.45, 7) is 0.480. The van der Waals surface area contributed by atoms with Gasteiger partial charge in [0.15, 0.2) is 0 Å². The number of hydrogen-bond acceptors (Lipinski definition) is 3. The lowest BCUT2D eigenvalue weighted by atomic mass is 9.81. The molecular weight excluding hydrogens is 368 g/mol. The van der Waals surface area contributed by atoms with E-state index in [9.17, 15) is 9.59 Å². The van der Waals surface area contributed by atoms with Crippen LogP contribution in [0.3, 0.4) is 0 Å². The van der Waals surface area contributed by atoms with Gasteiger partial charge in [0.1, 0.15) is 5.54 Å². The van der Waals surface area contributed by atoms with Crippen LogP contribution in [-0.4, -0.2) is 28.3 Å². The van der Waals surface area contributed by atoms with Crippen LogP contribution in [0.2, 0.25) is 0 Å². The number of carbonyl (C=O) groups is 2. The largest absolute Gasteiger partial charge is 0.351 e. The molecule has 2 aliphatic rings. The maximum absolute atomic E-state index is 13.4. The standard InChI is InChI=1S/C23H26N2O2S/c26-21-16-23(14-13-18-8-3-1-4-9-18,25(21)17-20-12-7-15-28-20)22(27)24-19-10-5-2-6-11-19/h1,3-4,7-9,12-15,19H,2,5-6,10-11,16-17H2,(H,24,27)/b14-13+/t23-/m1/s1. The van der Waals surface area contributed by atoms with Crippen molar-refractivity contribution >= 4 is 29.2 Å². The van der Waals surface area contributed by atoms with Crippen LogP contribution in [0.25, 0.3) is 6.08 Å². The van der Waals surface area contributed by atoms with Crippen LogP contribution >= 0.6 is 11.3 Å². The molecule has 4 nitrogen and oxygen atoms in total. The van der Waals surface area contributed by atoms with E-state index in [-0.39, 0.29) is 24.3 Å². The van der Waals surface area contributed by atoms with Gasteiger partial charge in [0.2, 0.25) is 5.91 Å². The summed E-state index contributed by atoms with van der Waals surface area (Å²) < 4.78 is 0. The van der Waals surface area contributed by atoms with Crippen LogP contribution in [-0.2, 0) is 16.1 Å². The summed E-state index contributed by atoms with van der Waals surface area (Å²) in [4.78, 5) is 28.7. The van der Waals surface area contributed by atoms with Crippen molar-refractivity contribution in [1.29, 1.82) is 0 Å². The van der Waals surface area contributed by atoms with Crippen molar-refractivity contribution in [2.75, 3.05) is 0 Å². The molecule has 1 aromatic heterocycles. The summed E-state index contributed by atoms with van der Waals surface area (Å²) in [6, 6.07) is 14.2. The third-order valence-electron chi connectivity index (χ3n) is 5.78. The summed E-state index contributed by atoms with van der Waals surface area (Å²) in [7, 11) is 0. The van der Waals surface area contributed by atoms with Gasteiger partial charge in [-0.15, -0.1) is 11.3 Å². The van der Waals surface area contributed by atoms with E-state index in [1.807, 2.05) is 60.0 Å². The minimum atomic E-state index is -0.894. The van der Waals surface area contributed by atoms with Crippen LogP contribution in [0, 0.1) is 0 Å². The molecule has 28 heavy (non-hydrogen) atoms. The number of nitrogens with one attached hydrogen (secondary N) is 1. The second kappa shape index (κ2) is 8.31. The molecule has 0 unspecified atom stereocenters. The molecule has 146 valence electrons. The molecule has 1 aromatic carbocycles. The number of hydrogen-bond donors (Lipinski definition) is 1. The molecular formula is C23H26N2O2S. The lowest BCUT2D eigenvalue weighted by Gasteiger charge is -2.49. The van der Waals surface area contributed by atoms with Crippen molar-refractivity contribution in [1.82, 2.24) is 10.2 Å². The molecule has 0 bridgehead atoms. The highest BCUT2D eigenvalue weighted by molar-refractivity contribution is 7.09. The first kappa shape index (κ1) is 18.9. The summed E-state index contributed by atoms with van der Waals surface area (Å²) in [5.41, 5.74) is 0.136. The third kappa shape index (κ3) is 3.90. The van der Waals surface area contributed by atoms with E-state index < -0.39 is 5.54 Å². The average Bonchev–Trinajstić information content (AvgIpc) is 3.24. The van der Waals surface area contributed by atoms with Crippen molar-refractivity contribution in [2.45, 2.75) is 56.7 Å². The Labute approximate surface area is 170 Å². The molecule has 0 spiro atoms. The number of nitrogens with zero attached hydrogens (tertiary/aromatic N) is 1. The van der Waals surface area contributed by atoms with Crippen LogP contribution in [0.1, 0.15) is 49.0 Å². The highest BCUT2D eigenvalue weighted by atomic mass is 32.1. The number of carbonyl (C=O) groups excluding carboxylic acids is 2. The molecule has 2 fully saturated rings. The summed E-state index contributed by atoms with van der Waals surface area (Å²) in [5.74, 6) is -0.00681. The Bertz CT molecular complexity index is 841. The van der Waals surface area contributed by atoms with Gasteiger partial charge in [-0.3, -0.25) is 9.59 Å². The van der Waals surface area contributed by atoms with Crippen LogP contribution in [0.4, 0.5) is 0 Å². The maximum atomic E-state index is 13.4. The molecule has 2 aromatic rings. The fourth-order valence-electron chi connectivity index (χ4n) is 4.12. The van der Waals surface area contributed by atoms with Gasteiger partial charge in [-0.25, -0.2) is 0 Å². The molecule has 1 aliphatic carbocycles. The first-order valence-electron chi connectivity index (χ1n) is 10.1. The van der Waals surface area contributed by atoms with Crippen LogP contribution in [0.15, 0.2) is 53.9 Å². The highest BCUT2D eigenvalue weighted by Crippen LogP contribution is 2.37. The third-order valence-corrected chi connectivity index (χ3v) is 6.64. The first-order valence-corrected chi connectivity index (χ1v) is 10.9. The van der Waals surface area contributed by atoms with Gasteiger partial charge >= 0.3 is 0 Å². The van der Waals surface area contributed by atoms with Gasteiger partial charge in [-0.2, -0.15) is 0 Å². The van der Waals surface area contributed by atoms with Crippen LogP contribution < -0.4 is 5.32 Å². The summed E-state index contributed by atoms with van der Waals surface area (Å²) in [5, 5.41) is 5.25. The summed E-state index contributed by atoms with van der Waals surface area (Å²) in [6.07, 6.45) is 9.76. The van der Waals surface area contributed by atoms with E-state index in [0.717, 1.165) is 36.1 Å². The molecule has 2 heterocycles. The van der Waals surface area contributed by atoms with E-state index in [0.29, 0.717) is 6.54 Å². The second-order valence-corrected chi connectivity index (χ2v) is 8.74. The Morgan fingerprint density at radius 1 is 1.14 bits per heavy atom. The quantitative estimate of drug-likeness (QED) is 0.739. The van der Waals surface area contributed by atoms with Gasteiger partial charge in [0.05, 0.1) is 13.0 Å². The van der Waals surface area contributed by atoms with Crippen molar-refractivity contribution in [3.63, 3.8) is 0 Å². The van der Waals surface area contributed by atoms with Gasteiger partial charge in [0, 0.05) is 10.9 Å². The predicted molar refractivity (Wildman–Crippen MR) is 113 cm³/mol. The Morgan fingerprint density at radius 3 is 2.61 bits per heavy atom. The van der Waals surface area contributed by atoms with Crippen molar-refractivity contribution in [3.05, 3.63) is 64.4 Å². The molecule has 1 saturated heterocycles. The fraction of sp³-hybridized carbons (Fsp3) is 0.391. The number of thiophene rings is 1. The molecule has 1 saturated carbocycles. The van der Waals surface area contributed by atoms with Crippen molar-refractivity contribution < 1.29 is 9.59 Å². The lowest BCUT2D eigenvalue weighted by molar-refractivity contribution is -0.162. The zero-order valence-electron chi connectivity index (χ0n) is 16.0. The Morgan fingerprint density at radius 2 is 1.93 bits per heavy atom. The topological polar surface area (TPSA) is 49.4 Å². The highest BCUT2D eigenvalue weighted by Gasteiger charge is 2.55. The number of likely N-dealkylation sites (tertiary alicyclic amines) is 1. The second-order valence-electron chi connectivity index (χ2n) is 7.71. The number of rotatable bonds is 6. The predicted octanol–water partition coefficient (Wildman–Crippen LogP) is 4.38. The molecule has 1 atom stereocenters. The van der Waals surface area contributed by atoms with E-state index in [1.165, 1.54) is 6.42 Å². The van der Waals surface area contributed by atoms with Crippen molar-refractivity contribution in [2.24, 2.45) is 0 Å². The minimum Gasteiger partial charge on any atom is -0.351 e. The maximum Gasteiger partial charge on any atom is 0.250 e. The van der Waals surface area contributed by atoms with E-state index >= 15 is 0 Å². The molecule has 1 aliphatic heterocycles. The fourth-order valence-corrected chi connectivity index (χ4v) is 4.82. The van der Waals surface area contributed by atoms with Gasteiger partial charge in [-0.05, 0) is 35.9 Å². The average molecular weight is 395 g/mol. The number of benzene rings is 1. The van der Waals surface area contributed by atoms with Crippen molar-refractivity contribution in [3.8, 4) is 0 Å².